The van der Waals surface area contributed by atoms with Crippen molar-refractivity contribution < 1.29 is 24.0 Å². The van der Waals surface area contributed by atoms with Gasteiger partial charge in [0, 0.05) is 12.8 Å². The molecule has 6 nitrogen and oxygen atoms in total. The highest BCUT2D eigenvalue weighted by atomic mass is 16.8. The van der Waals surface area contributed by atoms with Crippen molar-refractivity contribution in [2.45, 2.75) is 52.4 Å². The van der Waals surface area contributed by atoms with Gasteiger partial charge in [-0.3, -0.25) is 14.4 Å². The molecular weight excluding hydrogens is 274 g/mol. The van der Waals surface area contributed by atoms with Gasteiger partial charge in [0.05, 0.1) is 6.61 Å². The third kappa shape index (κ3) is 3.74. The van der Waals surface area contributed by atoms with Crippen molar-refractivity contribution >= 4 is 18.0 Å². The van der Waals surface area contributed by atoms with Gasteiger partial charge in [-0.15, -0.1) is 0 Å². The van der Waals surface area contributed by atoms with Crippen LogP contribution in [0.3, 0.4) is 0 Å². The highest BCUT2D eigenvalue weighted by Gasteiger charge is 2.48. The van der Waals surface area contributed by atoms with Gasteiger partial charge in [-0.2, -0.15) is 0 Å². The minimum absolute atomic E-state index is 0.0892. The number of ether oxygens (including phenoxy) is 1. The molecule has 0 aromatic carbocycles. The molecule has 2 amide bonds. The molecule has 1 aliphatic carbocycles. The van der Waals surface area contributed by atoms with Crippen LogP contribution < -0.4 is 0 Å². The number of hydrogen-bond acceptors (Lipinski definition) is 5. The second-order valence-corrected chi connectivity index (χ2v) is 5.80. The Hall–Kier alpha value is -1.59. The topological polar surface area (TPSA) is 72.9 Å². The minimum atomic E-state index is -0.962. The van der Waals surface area contributed by atoms with Gasteiger partial charge >= 0.3 is 6.16 Å². The average Bonchev–Trinajstić information content (AvgIpc) is 3.01. The number of hydroxylamine groups is 2. The molecule has 21 heavy (non-hydrogen) atoms. The zero-order valence-electron chi connectivity index (χ0n) is 12.7. The van der Waals surface area contributed by atoms with Crippen molar-refractivity contribution in [3.05, 3.63) is 0 Å². The molecule has 6 heteroatoms. The first-order valence-electron chi connectivity index (χ1n) is 7.79. The van der Waals surface area contributed by atoms with Crippen molar-refractivity contribution in [1.82, 2.24) is 5.06 Å². The van der Waals surface area contributed by atoms with Gasteiger partial charge in [0.15, 0.2) is 0 Å². The average molecular weight is 297 g/mol. The van der Waals surface area contributed by atoms with Crippen LogP contribution >= 0.6 is 0 Å². The maximum atomic E-state index is 11.6. The van der Waals surface area contributed by atoms with Gasteiger partial charge in [-0.1, -0.05) is 44.6 Å². The zero-order valence-corrected chi connectivity index (χ0v) is 12.7. The monoisotopic (exact) mass is 297 g/mol. The Morgan fingerprint density at radius 2 is 1.57 bits per heavy atom. The summed E-state index contributed by atoms with van der Waals surface area (Å²) in [5.74, 6) is 0.658. The zero-order chi connectivity index (χ0) is 15.4. The van der Waals surface area contributed by atoms with Gasteiger partial charge in [-0.05, 0) is 17.8 Å². The molecular formula is C15H23NO5. The highest BCUT2D eigenvalue weighted by Crippen LogP contribution is 2.52. The van der Waals surface area contributed by atoms with Gasteiger partial charge in [0.1, 0.15) is 0 Å². The Labute approximate surface area is 124 Å². The lowest BCUT2D eigenvalue weighted by molar-refractivity contribution is -0.177. The summed E-state index contributed by atoms with van der Waals surface area (Å²) in [6, 6.07) is 0. The molecule has 1 saturated heterocycles. The minimum Gasteiger partial charge on any atom is -0.432 e. The molecule has 3 atom stereocenters. The van der Waals surface area contributed by atoms with E-state index < -0.39 is 18.0 Å². The first-order valence-corrected chi connectivity index (χ1v) is 7.79. The van der Waals surface area contributed by atoms with Crippen LogP contribution in [0.5, 0.6) is 0 Å². The van der Waals surface area contributed by atoms with Crippen LogP contribution in [-0.2, 0) is 19.2 Å². The number of rotatable bonds is 7. The molecule has 0 bridgehead atoms. The van der Waals surface area contributed by atoms with Crippen molar-refractivity contribution in [2.24, 2.45) is 17.8 Å². The lowest BCUT2D eigenvalue weighted by Crippen LogP contribution is -2.32. The first-order chi connectivity index (χ1) is 10.1. The Morgan fingerprint density at radius 3 is 2.05 bits per heavy atom. The number of amides is 2. The third-order valence-electron chi connectivity index (χ3n) is 4.32. The fourth-order valence-electron chi connectivity index (χ4n) is 3.22. The van der Waals surface area contributed by atoms with Crippen LogP contribution in [0.4, 0.5) is 4.79 Å². The fraction of sp³-hybridized carbons (Fsp3) is 0.800. The number of nitrogens with zero attached hydrogens (tertiary/aromatic N) is 1. The van der Waals surface area contributed by atoms with Crippen LogP contribution in [0.25, 0.3) is 0 Å². The van der Waals surface area contributed by atoms with E-state index in [4.69, 9.17) is 4.74 Å². The Kier molecular flexibility index (Phi) is 5.20. The second-order valence-electron chi connectivity index (χ2n) is 5.80. The summed E-state index contributed by atoms with van der Waals surface area (Å²) in [4.78, 5) is 38.9. The van der Waals surface area contributed by atoms with E-state index >= 15 is 0 Å². The summed E-state index contributed by atoms with van der Waals surface area (Å²) in [5.41, 5.74) is 0. The van der Waals surface area contributed by atoms with E-state index in [9.17, 15) is 14.4 Å². The van der Waals surface area contributed by atoms with E-state index in [1.54, 1.807) is 0 Å². The molecule has 0 aromatic rings. The smallest absolute Gasteiger partial charge is 0.432 e. The van der Waals surface area contributed by atoms with E-state index in [0.29, 0.717) is 29.4 Å². The summed E-state index contributed by atoms with van der Waals surface area (Å²) in [6.45, 7) is 4.61. The highest BCUT2D eigenvalue weighted by molar-refractivity contribution is 6.01. The fourth-order valence-corrected chi connectivity index (χ4v) is 3.22. The Bertz CT molecular complexity index is 394. The lowest BCUT2D eigenvalue weighted by atomic mass is 10.1. The largest absolute Gasteiger partial charge is 0.533 e. The number of carbonyl (C=O) groups is 3. The number of imide groups is 1. The molecule has 0 N–H and O–H groups in total. The normalized spacial score (nSPS) is 27.9. The molecule has 0 radical (unpaired) electrons. The molecule has 0 spiro atoms. The van der Waals surface area contributed by atoms with Crippen LogP contribution in [0, 0.1) is 17.8 Å². The molecule has 1 unspecified atom stereocenters. The summed E-state index contributed by atoms with van der Waals surface area (Å²) < 4.78 is 5.07. The molecule has 118 valence electrons. The van der Waals surface area contributed by atoms with E-state index in [-0.39, 0.29) is 12.8 Å². The van der Waals surface area contributed by atoms with Crippen LogP contribution in [0.1, 0.15) is 52.4 Å². The molecule has 2 rings (SSSR count). The van der Waals surface area contributed by atoms with Crippen LogP contribution in [0.15, 0.2) is 0 Å². The maximum absolute atomic E-state index is 11.6. The molecule has 2 fully saturated rings. The predicted octanol–water partition coefficient (Wildman–Crippen LogP) is 2.67. The Balaban J connectivity index is 1.74. The van der Waals surface area contributed by atoms with E-state index in [1.807, 2.05) is 0 Å². The molecule has 2 aliphatic rings. The first kappa shape index (κ1) is 15.8. The van der Waals surface area contributed by atoms with Crippen LogP contribution in [0.2, 0.25) is 0 Å². The quantitative estimate of drug-likeness (QED) is 0.533. The summed E-state index contributed by atoms with van der Waals surface area (Å²) >= 11 is 0. The van der Waals surface area contributed by atoms with Crippen molar-refractivity contribution in [3.8, 4) is 0 Å². The SMILES string of the molecule is CCC[C@@H]1C(COC(=O)ON2C(=O)CCC2=O)[C@@H]1CCC. The summed E-state index contributed by atoms with van der Waals surface area (Å²) in [5, 5.41) is 0.516. The van der Waals surface area contributed by atoms with Gasteiger partial charge < -0.3 is 4.74 Å². The van der Waals surface area contributed by atoms with E-state index in [1.165, 1.54) is 0 Å². The predicted molar refractivity (Wildman–Crippen MR) is 73.8 cm³/mol. The molecule has 1 saturated carbocycles. The van der Waals surface area contributed by atoms with Gasteiger partial charge in [0.25, 0.3) is 11.8 Å². The van der Waals surface area contributed by atoms with Gasteiger partial charge in [0.2, 0.25) is 0 Å². The summed E-state index contributed by atoms with van der Waals surface area (Å²) in [7, 11) is 0. The van der Waals surface area contributed by atoms with Crippen molar-refractivity contribution in [2.75, 3.05) is 6.61 Å². The standard InChI is InChI=1S/C15H23NO5/c1-3-5-10-11(6-4-2)12(10)9-20-15(19)21-16-13(17)7-8-14(16)18/h10-12H,3-9H2,1-2H3/t10-,11+,12?. The molecule has 0 aromatic heterocycles. The second kappa shape index (κ2) is 6.91. The third-order valence-corrected chi connectivity index (χ3v) is 4.32. The maximum Gasteiger partial charge on any atom is 0.533 e. The Morgan fingerprint density at radius 1 is 1.05 bits per heavy atom. The van der Waals surface area contributed by atoms with Crippen LogP contribution in [-0.4, -0.2) is 29.6 Å². The van der Waals surface area contributed by atoms with E-state index in [2.05, 4.69) is 18.7 Å². The van der Waals surface area contributed by atoms with E-state index in [0.717, 1.165) is 25.7 Å². The number of hydrogen-bond donors (Lipinski definition) is 0. The molecule has 1 heterocycles. The van der Waals surface area contributed by atoms with Gasteiger partial charge in [-0.25, -0.2) is 4.79 Å². The van der Waals surface area contributed by atoms with Crippen molar-refractivity contribution in [1.29, 1.82) is 0 Å². The lowest BCUT2D eigenvalue weighted by Gasteiger charge is -2.12. The molecule has 1 aliphatic heterocycles. The van der Waals surface area contributed by atoms with Crippen molar-refractivity contribution in [3.63, 3.8) is 0 Å². The number of carbonyl (C=O) groups excluding carboxylic acids is 3. The summed E-state index contributed by atoms with van der Waals surface area (Å²) in [6.07, 6.45) is 3.77.